The summed E-state index contributed by atoms with van der Waals surface area (Å²) in [5.41, 5.74) is 0. The average molecular weight is 104 g/mol. The van der Waals surface area contributed by atoms with Crippen LogP contribution in [0.3, 0.4) is 0 Å². The van der Waals surface area contributed by atoms with Crippen molar-refractivity contribution in [1.82, 2.24) is 0 Å². The highest BCUT2D eigenvalue weighted by atomic mass is 17.1. The number of hydrogen-bond acceptors (Lipinski definition) is 3. The van der Waals surface area contributed by atoms with Crippen LogP contribution in [0.1, 0.15) is 13.3 Å². The van der Waals surface area contributed by atoms with Gasteiger partial charge in [0.1, 0.15) is 6.10 Å². The summed E-state index contributed by atoms with van der Waals surface area (Å²) in [5, 5.41) is 7.79. The smallest absolute Gasteiger partial charge is 0.152 e. The summed E-state index contributed by atoms with van der Waals surface area (Å²) in [5.74, 6) is 0. The van der Waals surface area contributed by atoms with E-state index in [1.165, 1.54) is 0 Å². The lowest BCUT2D eigenvalue weighted by Crippen LogP contribution is -2.09. The molecule has 0 aromatic heterocycles. The first-order valence-electron chi connectivity index (χ1n) is 2.10. The second kappa shape index (κ2) is 3.77. The quantitative estimate of drug-likeness (QED) is 0.321. The fourth-order valence-corrected chi connectivity index (χ4v) is 0.196. The zero-order chi connectivity index (χ0) is 5.70. The van der Waals surface area contributed by atoms with Gasteiger partial charge in [-0.05, 0) is 6.42 Å². The molecule has 0 saturated heterocycles. The molecule has 0 aliphatic rings. The normalized spacial score (nSPS) is 13.4. The zero-order valence-corrected chi connectivity index (χ0v) is 4.13. The van der Waals surface area contributed by atoms with Gasteiger partial charge in [-0.3, -0.25) is 5.26 Å². The number of carbonyl (C=O) groups excluding carboxylic acids is 1. The van der Waals surface area contributed by atoms with Gasteiger partial charge in [-0.1, -0.05) is 6.92 Å². The molecule has 3 nitrogen and oxygen atoms in total. The topological polar surface area (TPSA) is 46.5 Å². The lowest BCUT2D eigenvalue weighted by Gasteiger charge is -1.97. The van der Waals surface area contributed by atoms with Gasteiger partial charge in [0, 0.05) is 0 Å². The Hall–Kier alpha value is -0.410. The number of rotatable bonds is 3. The van der Waals surface area contributed by atoms with E-state index < -0.39 is 6.10 Å². The maximum atomic E-state index is 9.68. The molecular weight excluding hydrogens is 96.0 g/mol. The predicted molar refractivity (Wildman–Crippen MR) is 23.9 cm³/mol. The van der Waals surface area contributed by atoms with Crippen molar-refractivity contribution >= 4 is 6.29 Å². The summed E-state index contributed by atoms with van der Waals surface area (Å²) in [6.07, 6.45) is 0.431. The SMILES string of the molecule is CCC(C=O)OO. The van der Waals surface area contributed by atoms with Crippen molar-refractivity contribution in [1.29, 1.82) is 0 Å². The Bertz CT molecular complexity index is 48.9. The van der Waals surface area contributed by atoms with Crippen LogP contribution >= 0.6 is 0 Å². The van der Waals surface area contributed by atoms with Gasteiger partial charge >= 0.3 is 0 Å². The molecule has 0 heterocycles. The third-order valence-electron chi connectivity index (χ3n) is 0.690. The Morgan fingerprint density at radius 3 is 2.57 bits per heavy atom. The van der Waals surface area contributed by atoms with Gasteiger partial charge in [0.05, 0.1) is 0 Å². The lowest BCUT2D eigenvalue weighted by molar-refractivity contribution is -0.267. The third-order valence-corrected chi connectivity index (χ3v) is 0.690. The van der Waals surface area contributed by atoms with Crippen molar-refractivity contribution in [2.45, 2.75) is 19.4 Å². The summed E-state index contributed by atoms with van der Waals surface area (Å²) in [7, 11) is 0. The van der Waals surface area contributed by atoms with Gasteiger partial charge in [-0.15, -0.1) is 0 Å². The van der Waals surface area contributed by atoms with Crippen molar-refractivity contribution < 1.29 is 14.9 Å². The second-order valence-electron chi connectivity index (χ2n) is 1.19. The minimum atomic E-state index is -0.639. The third kappa shape index (κ3) is 2.31. The lowest BCUT2D eigenvalue weighted by atomic mass is 10.3. The van der Waals surface area contributed by atoms with Crippen molar-refractivity contribution in [3.63, 3.8) is 0 Å². The molecule has 1 atom stereocenters. The van der Waals surface area contributed by atoms with E-state index in [1.807, 2.05) is 0 Å². The van der Waals surface area contributed by atoms with Crippen LogP contribution in [-0.2, 0) is 9.68 Å². The summed E-state index contributed by atoms with van der Waals surface area (Å²) in [6, 6.07) is 0. The predicted octanol–water partition coefficient (Wildman–Crippen LogP) is 0.453. The van der Waals surface area contributed by atoms with Crippen molar-refractivity contribution in [3.05, 3.63) is 0 Å². The molecule has 0 amide bonds. The number of aldehydes is 1. The summed E-state index contributed by atoms with van der Waals surface area (Å²) < 4.78 is 0. The van der Waals surface area contributed by atoms with Crippen LogP contribution in [0.5, 0.6) is 0 Å². The molecule has 0 spiro atoms. The minimum Gasteiger partial charge on any atom is -0.300 e. The van der Waals surface area contributed by atoms with E-state index in [0.717, 1.165) is 0 Å². The zero-order valence-electron chi connectivity index (χ0n) is 4.13. The van der Waals surface area contributed by atoms with Crippen molar-refractivity contribution in [2.24, 2.45) is 0 Å². The maximum absolute atomic E-state index is 9.68. The Labute approximate surface area is 41.8 Å². The van der Waals surface area contributed by atoms with Crippen LogP contribution in [0.15, 0.2) is 0 Å². The molecule has 0 bridgehead atoms. The highest BCUT2D eigenvalue weighted by molar-refractivity contribution is 5.55. The van der Waals surface area contributed by atoms with Gasteiger partial charge in [0.15, 0.2) is 6.29 Å². The molecule has 0 aliphatic heterocycles. The molecule has 0 aromatic rings. The fourth-order valence-electron chi connectivity index (χ4n) is 0.196. The van der Waals surface area contributed by atoms with Crippen LogP contribution in [-0.4, -0.2) is 17.6 Å². The summed E-state index contributed by atoms with van der Waals surface area (Å²) in [6.45, 7) is 1.75. The first-order chi connectivity index (χ1) is 3.35. The van der Waals surface area contributed by atoms with Crippen molar-refractivity contribution in [3.8, 4) is 0 Å². The standard InChI is InChI=1S/C4H8O3/c1-2-4(3-5)7-6/h3-4,6H,2H2,1H3. The molecule has 0 rings (SSSR count). The van der Waals surface area contributed by atoms with E-state index in [1.54, 1.807) is 6.92 Å². The molecule has 1 unspecified atom stereocenters. The molecule has 0 saturated carbocycles. The first kappa shape index (κ1) is 6.59. The Kier molecular flexibility index (Phi) is 3.55. The summed E-state index contributed by atoms with van der Waals surface area (Å²) >= 11 is 0. The Morgan fingerprint density at radius 2 is 2.57 bits per heavy atom. The largest absolute Gasteiger partial charge is 0.300 e. The van der Waals surface area contributed by atoms with Gasteiger partial charge in [-0.25, -0.2) is 4.89 Å². The number of carbonyl (C=O) groups is 1. The molecular formula is C4H8O3. The van der Waals surface area contributed by atoms with E-state index in [-0.39, 0.29) is 0 Å². The van der Waals surface area contributed by atoms with E-state index in [9.17, 15) is 4.79 Å². The van der Waals surface area contributed by atoms with E-state index in [4.69, 9.17) is 5.26 Å². The fraction of sp³-hybridized carbons (Fsp3) is 0.750. The highest BCUT2D eigenvalue weighted by Gasteiger charge is 1.99. The molecule has 0 radical (unpaired) electrons. The van der Waals surface area contributed by atoms with E-state index >= 15 is 0 Å². The number of hydrogen-bond donors (Lipinski definition) is 1. The molecule has 42 valence electrons. The van der Waals surface area contributed by atoms with Crippen LogP contribution < -0.4 is 0 Å². The molecule has 1 N–H and O–H groups in total. The molecule has 0 fully saturated rings. The molecule has 0 aromatic carbocycles. The van der Waals surface area contributed by atoms with Gasteiger partial charge < -0.3 is 4.79 Å². The van der Waals surface area contributed by atoms with Crippen LogP contribution in [0.25, 0.3) is 0 Å². The molecule has 3 heteroatoms. The maximum Gasteiger partial charge on any atom is 0.152 e. The Morgan fingerprint density at radius 1 is 2.00 bits per heavy atom. The monoisotopic (exact) mass is 104 g/mol. The van der Waals surface area contributed by atoms with Gasteiger partial charge in [0.25, 0.3) is 0 Å². The molecule has 7 heavy (non-hydrogen) atoms. The highest BCUT2D eigenvalue weighted by Crippen LogP contribution is 1.87. The Balaban J connectivity index is 3.16. The molecule has 0 aliphatic carbocycles. The second-order valence-corrected chi connectivity index (χ2v) is 1.19. The van der Waals surface area contributed by atoms with Crippen LogP contribution in [0, 0.1) is 0 Å². The first-order valence-corrected chi connectivity index (χ1v) is 2.10. The van der Waals surface area contributed by atoms with Gasteiger partial charge in [-0.2, -0.15) is 0 Å². The van der Waals surface area contributed by atoms with Crippen LogP contribution in [0.2, 0.25) is 0 Å². The van der Waals surface area contributed by atoms with Crippen molar-refractivity contribution in [2.75, 3.05) is 0 Å². The average Bonchev–Trinajstić information content (AvgIpc) is 1.72. The van der Waals surface area contributed by atoms with Crippen LogP contribution in [0.4, 0.5) is 0 Å². The minimum absolute atomic E-state index is 0.514. The van der Waals surface area contributed by atoms with Gasteiger partial charge in [0.2, 0.25) is 0 Å². The summed E-state index contributed by atoms with van der Waals surface area (Å²) in [4.78, 5) is 13.4. The van der Waals surface area contributed by atoms with E-state index in [0.29, 0.717) is 12.7 Å². The van der Waals surface area contributed by atoms with E-state index in [2.05, 4.69) is 4.89 Å².